The van der Waals surface area contributed by atoms with Gasteiger partial charge in [0.05, 0.1) is 17.1 Å². The van der Waals surface area contributed by atoms with Crippen LogP contribution in [0.3, 0.4) is 0 Å². The van der Waals surface area contributed by atoms with Crippen molar-refractivity contribution in [1.82, 2.24) is 14.9 Å². The van der Waals surface area contributed by atoms with Crippen LogP contribution < -0.4 is 4.74 Å². The Bertz CT molecular complexity index is 830. The first kappa shape index (κ1) is 17.0. The number of aromatic nitrogens is 2. The topological polar surface area (TPSA) is 41.1 Å². The Balaban J connectivity index is 1.45. The average Bonchev–Trinajstić information content (AvgIpc) is 3.27. The number of hydrogen-bond donors (Lipinski definition) is 1. The van der Waals surface area contributed by atoms with Gasteiger partial charge in [-0.2, -0.15) is 0 Å². The van der Waals surface area contributed by atoms with Gasteiger partial charge in [0.2, 0.25) is 0 Å². The standard InChI is InChI=1S/C20H21F2N3O/c21-19(22)13-26-15-9-7-14(8-10-15)12-25-11-3-6-18(25)20-23-16-4-1-2-5-17(16)24-20/h1-2,4-5,7-10,18-19H,3,6,11-13H2,(H,23,24)/t18-/m0/s1. The highest BCUT2D eigenvalue weighted by Crippen LogP contribution is 2.32. The molecule has 0 saturated carbocycles. The normalized spacial score (nSPS) is 18.0. The Labute approximate surface area is 150 Å². The van der Waals surface area contributed by atoms with E-state index < -0.39 is 13.0 Å². The number of hydrogen-bond acceptors (Lipinski definition) is 3. The minimum Gasteiger partial charge on any atom is -0.488 e. The molecule has 136 valence electrons. The molecule has 3 aromatic rings. The zero-order valence-electron chi connectivity index (χ0n) is 14.4. The molecule has 26 heavy (non-hydrogen) atoms. The summed E-state index contributed by atoms with van der Waals surface area (Å²) < 4.78 is 29.5. The van der Waals surface area contributed by atoms with Crippen LogP contribution in [0.15, 0.2) is 48.5 Å². The van der Waals surface area contributed by atoms with Crippen molar-refractivity contribution in [2.45, 2.75) is 31.9 Å². The number of halogens is 2. The van der Waals surface area contributed by atoms with Crippen LogP contribution in [0.2, 0.25) is 0 Å². The predicted octanol–water partition coefficient (Wildman–Crippen LogP) is 4.54. The van der Waals surface area contributed by atoms with Gasteiger partial charge in [0.25, 0.3) is 6.43 Å². The fraction of sp³-hybridized carbons (Fsp3) is 0.350. The Morgan fingerprint density at radius 1 is 1.15 bits per heavy atom. The van der Waals surface area contributed by atoms with Crippen molar-refractivity contribution in [3.8, 4) is 5.75 Å². The van der Waals surface area contributed by atoms with Gasteiger partial charge in [-0.3, -0.25) is 4.90 Å². The van der Waals surface area contributed by atoms with E-state index in [0.29, 0.717) is 5.75 Å². The first-order chi connectivity index (χ1) is 12.7. The Morgan fingerprint density at radius 2 is 1.96 bits per heavy atom. The number of rotatable bonds is 6. The van der Waals surface area contributed by atoms with E-state index in [4.69, 9.17) is 9.72 Å². The molecule has 1 atom stereocenters. The summed E-state index contributed by atoms with van der Waals surface area (Å²) in [5.74, 6) is 1.49. The molecule has 1 aliphatic rings. The van der Waals surface area contributed by atoms with E-state index in [1.807, 2.05) is 36.4 Å². The van der Waals surface area contributed by atoms with Gasteiger partial charge in [-0.25, -0.2) is 13.8 Å². The zero-order chi connectivity index (χ0) is 17.9. The molecule has 1 aromatic heterocycles. The Hall–Kier alpha value is -2.47. The van der Waals surface area contributed by atoms with Gasteiger partial charge in [0.15, 0.2) is 0 Å². The third-order valence-electron chi connectivity index (χ3n) is 4.77. The van der Waals surface area contributed by atoms with Crippen molar-refractivity contribution in [3.63, 3.8) is 0 Å². The number of nitrogens with zero attached hydrogens (tertiary/aromatic N) is 2. The second kappa shape index (κ2) is 7.41. The molecule has 4 nitrogen and oxygen atoms in total. The number of H-pyrrole nitrogens is 1. The summed E-state index contributed by atoms with van der Waals surface area (Å²) in [6.45, 7) is 1.25. The van der Waals surface area contributed by atoms with E-state index in [0.717, 1.165) is 48.4 Å². The molecule has 6 heteroatoms. The number of nitrogens with one attached hydrogen (secondary N) is 1. The highest BCUT2D eigenvalue weighted by Gasteiger charge is 2.28. The molecule has 0 radical (unpaired) electrons. The Morgan fingerprint density at radius 3 is 2.73 bits per heavy atom. The summed E-state index contributed by atoms with van der Waals surface area (Å²) in [4.78, 5) is 10.6. The lowest BCUT2D eigenvalue weighted by atomic mass is 10.1. The molecule has 1 saturated heterocycles. The third-order valence-corrected chi connectivity index (χ3v) is 4.77. The number of imidazole rings is 1. The van der Waals surface area contributed by atoms with Gasteiger partial charge < -0.3 is 9.72 Å². The summed E-state index contributed by atoms with van der Waals surface area (Å²) in [6, 6.07) is 15.7. The predicted molar refractivity (Wildman–Crippen MR) is 96.4 cm³/mol. The van der Waals surface area contributed by atoms with Gasteiger partial charge in [0, 0.05) is 6.54 Å². The molecular formula is C20H21F2N3O. The van der Waals surface area contributed by atoms with E-state index in [2.05, 4.69) is 9.88 Å². The largest absolute Gasteiger partial charge is 0.488 e. The second-order valence-corrected chi connectivity index (χ2v) is 6.61. The second-order valence-electron chi connectivity index (χ2n) is 6.61. The zero-order valence-corrected chi connectivity index (χ0v) is 14.4. The molecule has 0 unspecified atom stereocenters. The van der Waals surface area contributed by atoms with Crippen LogP contribution in [-0.2, 0) is 6.54 Å². The van der Waals surface area contributed by atoms with E-state index in [-0.39, 0.29) is 6.04 Å². The van der Waals surface area contributed by atoms with Gasteiger partial charge in [-0.15, -0.1) is 0 Å². The number of aromatic amines is 1. The number of alkyl halides is 2. The van der Waals surface area contributed by atoms with Crippen LogP contribution in [0.4, 0.5) is 8.78 Å². The number of para-hydroxylation sites is 2. The van der Waals surface area contributed by atoms with E-state index >= 15 is 0 Å². The fourth-order valence-corrected chi connectivity index (χ4v) is 3.54. The molecule has 1 fully saturated rings. The molecular weight excluding hydrogens is 336 g/mol. The van der Waals surface area contributed by atoms with Crippen LogP contribution in [-0.4, -0.2) is 34.4 Å². The lowest BCUT2D eigenvalue weighted by Crippen LogP contribution is -2.23. The van der Waals surface area contributed by atoms with E-state index in [1.54, 1.807) is 12.1 Å². The van der Waals surface area contributed by atoms with Crippen LogP contribution in [0, 0.1) is 0 Å². The molecule has 0 amide bonds. The van der Waals surface area contributed by atoms with Gasteiger partial charge >= 0.3 is 0 Å². The summed E-state index contributed by atoms with van der Waals surface area (Å²) in [5, 5.41) is 0. The maximum atomic E-state index is 12.2. The van der Waals surface area contributed by atoms with Crippen LogP contribution >= 0.6 is 0 Å². The molecule has 2 aromatic carbocycles. The van der Waals surface area contributed by atoms with Gasteiger partial charge in [-0.1, -0.05) is 24.3 Å². The molecule has 0 bridgehead atoms. The molecule has 2 heterocycles. The van der Waals surface area contributed by atoms with Crippen LogP contribution in [0.5, 0.6) is 5.75 Å². The highest BCUT2D eigenvalue weighted by atomic mass is 19.3. The van der Waals surface area contributed by atoms with Crippen LogP contribution in [0.1, 0.15) is 30.3 Å². The van der Waals surface area contributed by atoms with E-state index in [9.17, 15) is 8.78 Å². The number of fused-ring (bicyclic) bond motifs is 1. The SMILES string of the molecule is FC(F)COc1ccc(CN2CCC[C@H]2c2nc3ccccc3[nH]2)cc1. The lowest BCUT2D eigenvalue weighted by molar-refractivity contribution is 0.0819. The third kappa shape index (κ3) is 3.70. The van der Waals surface area contributed by atoms with Crippen molar-refractivity contribution >= 4 is 11.0 Å². The van der Waals surface area contributed by atoms with Gasteiger partial charge in [-0.05, 0) is 49.2 Å². The van der Waals surface area contributed by atoms with Crippen molar-refractivity contribution in [2.24, 2.45) is 0 Å². The molecule has 1 aliphatic heterocycles. The fourth-order valence-electron chi connectivity index (χ4n) is 3.54. The lowest BCUT2D eigenvalue weighted by Gasteiger charge is -2.23. The smallest absolute Gasteiger partial charge is 0.272 e. The highest BCUT2D eigenvalue weighted by molar-refractivity contribution is 5.74. The van der Waals surface area contributed by atoms with Crippen molar-refractivity contribution < 1.29 is 13.5 Å². The minimum absolute atomic E-state index is 0.275. The van der Waals surface area contributed by atoms with Gasteiger partial charge in [0.1, 0.15) is 18.2 Å². The van der Waals surface area contributed by atoms with E-state index in [1.165, 1.54) is 0 Å². The van der Waals surface area contributed by atoms with Crippen molar-refractivity contribution in [3.05, 3.63) is 59.9 Å². The Kier molecular flexibility index (Phi) is 4.84. The van der Waals surface area contributed by atoms with Crippen molar-refractivity contribution in [1.29, 1.82) is 0 Å². The quantitative estimate of drug-likeness (QED) is 0.704. The molecule has 0 spiro atoms. The maximum absolute atomic E-state index is 12.2. The molecule has 0 aliphatic carbocycles. The summed E-state index contributed by atoms with van der Waals surface area (Å²) in [5.41, 5.74) is 3.20. The molecule has 1 N–H and O–H groups in total. The average molecular weight is 357 g/mol. The van der Waals surface area contributed by atoms with Crippen molar-refractivity contribution in [2.75, 3.05) is 13.2 Å². The minimum atomic E-state index is -2.45. The first-order valence-corrected chi connectivity index (χ1v) is 8.87. The number of benzene rings is 2. The summed E-state index contributed by atoms with van der Waals surface area (Å²) in [7, 11) is 0. The van der Waals surface area contributed by atoms with Crippen LogP contribution in [0.25, 0.3) is 11.0 Å². The molecule has 4 rings (SSSR count). The number of likely N-dealkylation sites (tertiary alicyclic amines) is 1. The first-order valence-electron chi connectivity index (χ1n) is 8.87. The maximum Gasteiger partial charge on any atom is 0.272 e. The summed E-state index contributed by atoms with van der Waals surface area (Å²) in [6.07, 6.45) is -0.240. The monoisotopic (exact) mass is 357 g/mol. The number of ether oxygens (including phenoxy) is 1. The summed E-state index contributed by atoms with van der Waals surface area (Å²) >= 11 is 0.